The van der Waals surface area contributed by atoms with Crippen LogP contribution in [0.5, 0.6) is 0 Å². The molecule has 92 valence electrons. The van der Waals surface area contributed by atoms with E-state index < -0.39 is 0 Å². The summed E-state index contributed by atoms with van der Waals surface area (Å²) in [6, 6.07) is 0. The molecule has 0 amide bonds. The van der Waals surface area contributed by atoms with Gasteiger partial charge < -0.3 is 15.0 Å². The van der Waals surface area contributed by atoms with Crippen LogP contribution < -0.4 is 5.32 Å². The summed E-state index contributed by atoms with van der Waals surface area (Å²) >= 11 is 0. The predicted molar refractivity (Wildman–Crippen MR) is 66.4 cm³/mol. The largest absolute Gasteiger partial charge is 0.497 e. The Balaban J connectivity index is 1.68. The molecule has 1 atom stereocenters. The summed E-state index contributed by atoms with van der Waals surface area (Å²) in [5.74, 6) is 0. The molecule has 0 aromatic heterocycles. The molecule has 1 saturated carbocycles. The van der Waals surface area contributed by atoms with Gasteiger partial charge in [0.15, 0.2) is 0 Å². The summed E-state index contributed by atoms with van der Waals surface area (Å²) in [7, 11) is 4.39. The molecule has 1 aliphatic carbocycles. The van der Waals surface area contributed by atoms with Crippen molar-refractivity contribution in [3.8, 4) is 0 Å². The van der Waals surface area contributed by atoms with Gasteiger partial charge >= 0.3 is 0 Å². The van der Waals surface area contributed by atoms with Crippen molar-refractivity contribution in [3.63, 3.8) is 0 Å². The minimum atomic E-state index is 0.379. The fourth-order valence-corrected chi connectivity index (χ4v) is 2.57. The molecule has 3 nitrogen and oxygen atoms in total. The van der Waals surface area contributed by atoms with E-state index >= 15 is 0 Å². The van der Waals surface area contributed by atoms with Crippen molar-refractivity contribution in [2.24, 2.45) is 0 Å². The van der Waals surface area contributed by atoms with Crippen LogP contribution in [0.3, 0.4) is 0 Å². The van der Waals surface area contributed by atoms with Gasteiger partial charge in [-0.2, -0.15) is 0 Å². The highest BCUT2D eigenvalue weighted by Gasteiger charge is 2.38. The van der Waals surface area contributed by atoms with Gasteiger partial charge in [-0.3, -0.25) is 0 Å². The van der Waals surface area contributed by atoms with Crippen LogP contribution in [0, 0.1) is 0 Å². The third kappa shape index (κ3) is 2.58. The van der Waals surface area contributed by atoms with Gasteiger partial charge in [-0.15, -0.1) is 0 Å². The molecule has 0 spiro atoms. The van der Waals surface area contributed by atoms with E-state index in [0.29, 0.717) is 11.6 Å². The van der Waals surface area contributed by atoms with Gasteiger partial charge in [-0.05, 0) is 52.3 Å². The smallest absolute Gasteiger partial charge is 0.110 e. The number of hydrogen-bond donors (Lipinski definition) is 1. The number of nitrogens with one attached hydrogen (secondary N) is 1. The number of nitrogens with zero attached hydrogens (tertiary/aromatic N) is 1. The SMILES string of the molecule is CN(C)C1(CNCC2CCC=CO2)CCC1. The van der Waals surface area contributed by atoms with Crippen LogP contribution in [0.4, 0.5) is 0 Å². The molecule has 0 aromatic rings. The lowest BCUT2D eigenvalue weighted by molar-refractivity contribution is 0.0527. The maximum Gasteiger partial charge on any atom is 0.110 e. The molecule has 2 rings (SSSR count). The molecule has 1 unspecified atom stereocenters. The van der Waals surface area contributed by atoms with Gasteiger partial charge in [0.1, 0.15) is 6.10 Å². The average molecular weight is 224 g/mol. The predicted octanol–water partition coefficient (Wildman–Crippen LogP) is 1.75. The first-order chi connectivity index (χ1) is 7.73. The Kier molecular flexibility index (Phi) is 3.87. The van der Waals surface area contributed by atoms with Crippen molar-refractivity contribution in [2.75, 3.05) is 27.2 Å². The van der Waals surface area contributed by atoms with E-state index in [2.05, 4.69) is 30.4 Å². The lowest BCUT2D eigenvalue weighted by Crippen LogP contribution is -2.57. The maximum atomic E-state index is 5.55. The molecule has 3 heteroatoms. The molecule has 0 saturated heterocycles. The Morgan fingerprint density at radius 3 is 2.75 bits per heavy atom. The minimum absolute atomic E-state index is 0.379. The summed E-state index contributed by atoms with van der Waals surface area (Å²) in [4.78, 5) is 2.38. The zero-order chi connectivity index (χ0) is 11.4. The van der Waals surface area contributed by atoms with Crippen LogP contribution in [0.2, 0.25) is 0 Å². The van der Waals surface area contributed by atoms with Gasteiger partial charge in [0.25, 0.3) is 0 Å². The van der Waals surface area contributed by atoms with Gasteiger partial charge in [0.05, 0.1) is 6.26 Å². The highest BCUT2D eigenvalue weighted by molar-refractivity contribution is 4.97. The standard InChI is InChI=1S/C13H24N2O/c1-15(2)13(7-5-8-13)11-14-10-12-6-3-4-9-16-12/h4,9,12,14H,3,5-8,10-11H2,1-2H3. The number of likely N-dealkylation sites (N-methyl/N-ethyl adjacent to an activating group) is 1. The molecular weight excluding hydrogens is 200 g/mol. The van der Waals surface area contributed by atoms with E-state index in [-0.39, 0.29) is 0 Å². The second-order valence-electron chi connectivity index (χ2n) is 5.31. The van der Waals surface area contributed by atoms with Crippen LogP contribution in [-0.2, 0) is 4.74 Å². The van der Waals surface area contributed by atoms with E-state index in [9.17, 15) is 0 Å². The lowest BCUT2D eigenvalue weighted by atomic mass is 9.75. The fraction of sp³-hybridized carbons (Fsp3) is 0.846. The topological polar surface area (TPSA) is 24.5 Å². The van der Waals surface area contributed by atoms with Gasteiger partial charge in [-0.1, -0.05) is 0 Å². The van der Waals surface area contributed by atoms with Crippen LogP contribution >= 0.6 is 0 Å². The number of hydrogen-bond acceptors (Lipinski definition) is 3. The second kappa shape index (κ2) is 5.19. The van der Waals surface area contributed by atoms with Crippen molar-refractivity contribution in [1.29, 1.82) is 0 Å². The lowest BCUT2D eigenvalue weighted by Gasteiger charge is -2.47. The molecule has 1 N–H and O–H groups in total. The summed E-state index contributed by atoms with van der Waals surface area (Å²) in [6.07, 6.45) is 10.7. The van der Waals surface area contributed by atoms with Crippen molar-refractivity contribution in [2.45, 2.75) is 43.7 Å². The van der Waals surface area contributed by atoms with Crippen molar-refractivity contribution in [3.05, 3.63) is 12.3 Å². The van der Waals surface area contributed by atoms with E-state index in [1.54, 1.807) is 0 Å². The summed E-state index contributed by atoms with van der Waals surface area (Å²) in [5, 5.41) is 3.58. The zero-order valence-corrected chi connectivity index (χ0v) is 10.5. The Labute approximate surface area is 98.8 Å². The average Bonchev–Trinajstić information content (AvgIpc) is 2.23. The van der Waals surface area contributed by atoms with Crippen molar-refractivity contribution in [1.82, 2.24) is 10.2 Å². The molecular formula is C13H24N2O. The normalized spacial score (nSPS) is 27.6. The quantitative estimate of drug-likeness (QED) is 0.770. The second-order valence-corrected chi connectivity index (χ2v) is 5.31. The Hall–Kier alpha value is -0.540. The molecule has 1 heterocycles. The third-order valence-corrected chi connectivity index (χ3v) is 4.08. The first kappa shape index (κ1) is 11.9. The molecule has 16 heavy (non-hydrogen) atoms. The number of ether oxygens (including phenoxy) is 1. The van der Waals surface area contributed by atoms with Crippen molar-refractivity contribution < 1.29 is 4.74 Å². The van der Waals surface area contributed by atoms with Crippen LogP contribution in [0.25, 0.3) is 0 Å². The Morgan fingerprint density at radius 1 is 1.44 bits per heavy atom. The molecule has 1 fully saturated rings. The Bertz CT molecular complexity index is 246. The van der Waals surface area contributed by atoms with Gasteiger partial charge in [-0.25, -0.2) is 0 Å². The number of rotatable bonds is 5. The first-order valence-electron chi connectivity index (χ1n) is 6.42. The van der Waals surface area contributed by atoms with E-state index in [0.717, 1.165) is 25.9 Å². The highest BCUT2D eigenvalue weighted by atomic mass is 16.5. The van der Waals surface area contributed by atoms with E-state index in [4.69, 9.17) is 4.74 Å². The summed E-state index contributed by atoms with van der Waals surface area (Å²) in [5.41, 5.74) is 0.421. The maximum absolute atomic E-state index is 5.55. The van der Waals surface area contributed by atoms with Gasteiger partial charge in [0.2, 0.25) is 0 Å². The minimum Gasteiger partial charge on any atom is -0.497 e. The van der Waals surface area contributed by atoms with Crippen molar-refractivity contribution >= 4 is 0 Å². The summed E-state index contributed by atoms with van der Waals surface area (Å²) in [6.45, 7) is 2.09. The van der Waals surface area contributed by atoms with E-state index in [1.807, 2.05) is 6.26 Å². The van der Waals surface area contributed by atoms with E-state index in [1.165, 1.54) is 19.3 Å². The van der Waals surface area contributed by atoms with Crippen LogP contribution in [0.1, 0.15) is 32.1 Å². The third-order valence-electron chi connectivity index (χ3n) is 4.08. The molecule has 0 bridgehead atoms. The summed E-state index contributed by atoms with van der Waals surface area (Å²) < 4.78 is 5.55. The molecule has 0 aromatic carbocycles. The molecule has 1 aliphatic heterocycles. The highest BCUT2D eigenvalue weighted by Crippen LogP contribution is 2.35. The zero-order valence-electron chi connectivity index (χ0n) is 10.5. The fourth-order valence-electron chi connectivity index (χ4n) is 2.57. The number of allylic oxidation sites excluding steroid dienone is 1. The van der Waals surface area contributed by atoms with Gasteiger partial charge in [0, 0.05) is 18.6 Å². The monoisotopic (exact) mass is 224 g/mol. The first-order valence-corrected chi connectivity index (χ1v) is 6.42. The molecule has 0 radical (unpaired) electrons. The Morgan fingerprint density at radius 2 is 2.25 bits per heavy atom. The van der Waals surface area contributed by atoms with Crippen LogP contribution in [-0.4, -0.2) is 43.7 Å². The molecule has 2 aliphatic rings. The van der Waals surface area contributed by atoms with Crippen LogP contribution in [0.15, 0.2) is 12.3 Å².